The second-order valence-electron chi connectivity index (χ2n) is 4.83. The van der Waals surface area contributed by atoms with Crippen molar-refractivity contribution >= 4 is 16.0 Å². The van der Waals surface area contributed by atoms with E-state index in [9.17, 15) is 13.2 Å². The number of unbranched alkanes of at least 4 members (excludes halogenated alkanes) is 2. The van der Waals surface area contributed by atoms with Crippen molar-refractivity contribution in [2.45, 2.75) is 30.6 Å². The summed E-state index contributed by atoms with van der Waals surface area (Å²) < 4.78 is 25.9. The lowest BCUT2D eigenvalue weighted by atomic mass is 10.2. The van der Waals surface area contributed by atoms with E-state index in [2.05, 4.69) is 0 Å². The highest BCUT2D eigenvalue weighted by Gasteiger charge is 2.20. The van der Waals surface area contributed by atoms with E-state index in [4.69, 9.17) is 10.2 Å². The van der Waals surface area contributed by atoms with Crippen molar-refractivity contribution in [2.75, 3.05) is 20.2 Å². The Morgan fingerprint density at radius 1 is 1.14 bits per heavy atom. The number of rotatable bonds is 9. The minimum Gasteiger partial charge on any atom is -0.481 e. The molecule has 1 rings (SSSR count). The summed E-state index contributed by atoms with van der Waals surface area (Å²) in [7, 11) is -2.03. The van der Waals surface area contributed by atoms with E-state index >= 15 is 0 Å². The monoisotopic (exact) mass is 315 g/mol. The Bertz CT molecular complexity index is 553. The standard InChI is InChI=1S/C14H21NO5S/c1-15(9-3-2-4-10-16)21(19,20)13-7-5-12(6-8-13)11-14(17)18/h5-8,16H,2-4,9-11H2,1H3,(H,17,18). The molecule has 118 valence electrons. The van der Waals surface area contributed by atoms with Crippen LogP contribution in [0.2, 0.25) is 0 Å². The van der Waals surface area contributed by atoms with Crippen LogP contribution in [-0.2, 0) is 21.2 Å². The number of aliphatic carboxylic acids is 1. The minimum atomic E-state index is -3.55. The van der Waals surface area contributed by atoms with Gasteiger partial charge in [-0.3, -0.25) is 4.79 Å². The van der Waals surface area contributed by atoms with Crippen molar-refractivity contribution in [3.8, 4) is 0 Å². The maximum atomic E-state index is 12.3. The van der Waals surface area contributed by atoms with Gasteiger partial charge < -0.3 is 10.2 Å². The second kappa shape index (κ2) is 8.11. The summed E-state index contributed by atoms with van der Waals surface area (Å²) in [6, 6.07) is 5.89. The molecular weight excluding hydrogens is 294 g/mol. The molecule has 0 aliphatic rings. The van der Waals surface area contributed by atoms with Gasteiger partial charge in [0.15, 0.2) is 0 Å². The number of hydrogen-bond acceptors (Lipinski definition) is 4. The molecule has 0 radical (unpaired) electrons. The van der Waals surface area contributed by atoms with E-state index in [1.807, 2.05) is 0 Å². The summed E-state index contributed by atoms with van der Waals surface area (Å²) in [5.41, 5.74) is 0.562. The number of carboxylic acids is 1. The Morgan fingerprint density at radius 2 is 1.76 bits per heavy atom. The molecule has 0 fully saturated rings. The number of carboxylic acid groups (broad SMARTS) is 1. The fourth-order valence-corrected chi connectivity index (χ4v) is 3.09. The third kappa shape index (κ3) is 5.45. The first-order chi connectivity index (χ1) is 9.87. The summed E-state index contributed by atoms with van der Waals surface area (Å²) in [4.78, 5) is 10.7. The smallest absolute Gasteiger partial charge is 0.307 e. The zero-order chi connectivity index (χ0) is 15.9. The molecule has 1 aromatic rings. The first-order valence-corrected chi connectivity index (χ1v) is 8.20. The highest BCUT2D eigenvalue weighted by atomic mass is 32.2. The van der Waals surface area contributed by atoms with Gasteiger partial charge in [-0.2, -0.15) is 0 Å². The van der Waals surface area contributed by atoms with E-state index in [-0.39, 0.29) is 17.9 Å². The topological polar surface area (TPSA) is 94.9 Å². The largest absolute Gasteiger partial charge is 0.481 e. The first-order valence-electron chi connectivity index (χ1n) is 6.76. The number of aliphatic hydroxyl groups excluding tert-OH is 1. The average Bonchev–Trinajstić information content (AvgIpc) is 2.43. The minimum absolute atomic E-state index is 0.113. The lowest BCUT2D eigenvalue weighted by molar-refractivity contribution is -0.136. The molecule has 1 aromatic carbocycles. The van der Waals surface area contributed by atoms with E-state index in [1.165, 1.54) is 35.6 Å². The maximum absolute atomic E-state index is 12.3. The van der Waals surface area contributed by atoms with Crippen molar-refractivity contribution in [2.24, 2.45) is 0 Å². The van der Waals surface area contributed by atoms with E-state index in [0.29, 0.717) is 24.9 Å². The van der Waals surface area contributed by atoms with Crippen LogP contribution in [-0.4, -0.2) is 49.1 Å². The Kier molecular flexibility index (Phi) is 6.80. The third-order valence-electron chi connectivity index (χ3n) is 3.12. The van der Waals surface area contributed by atoms with Crippen molar-refractivity contribution in [3.05, 3.63) is 29.8 Å². The van der Waals surface area contributed by atoms with Gasteiger partial charge in [0, 0.05) is 20.2 Å². The number of carbonyl (C=O) groups is 1. The Hall–Kier alpha value is -1.44. The van der Waals surface area contributed by atoms with Gasteiger partial charge in [0.25, 0.3) is 0 Å². The Morgan fingerprint density at radius 3 is 2.29 bits per heavy atom. The summed E-state index contributed by atoms with van der Waals surface area (Å²) in [6.07, 6.45) is 2.00. The van der Waals surface area contributed by atoms with Crippen LogP contribution < -0.4 is 0 Å². The summed E-state index contributed by atoms with van der Waals surface area (Å²) >= 11 is 0. The van der Waals surface area contributed by atoms with Gasteiger partial charge in [0.1, 0.15) is 0 Å². The fourth-order valence-electron chi connectivity index (χ4n) is 1.88. The predicted molar refractivity (Wildman–Crippen MR) is 78.5 cm³/mol. The molecule has 0 aromatic heterocycles. The Labute approximate surface area is 125 Å². The van der Waals surface area contributed by atoms with Crippen LogP contribution in [0.3, 0.4) is 0 Å². The number of nitrogens with zero attached hydrogens (tertiary/aromatic N) is 1. The molecule has 0 saturated carbocycles. The summed E-state index contributed by atoms with van der Waals surface area (Å²) in [5, 5.41) is 17.4. The molecule has 0 unspecified atom stereocenters. The number of sulfonamides is 1. The molecule has 0 amide bonds. The lowest BCUT2D eigenvalue weighted by Crippen LogP contribution is -2.28. The van der Waals surface area contributed by atoms with Crippen LogP contribution >= 0.6 is 0 Å². The molecule has 0 heterocycles. The molecule has 21 heavy (non-hydrogen) atoms. The molecule has 0 spiro atoms. The number of hydrogen-bond donors (Lipinski definition) is 2. The van der Waals surface area contributed by atoms with Gasteiger partial charge in [-0.15, -0.1) is 0 Å². The molecule has 0 bridgehead atoms. The van der Waals surface area contributed by atoms with Gasteiger partial charge in [-0.1, -0.05) is 12.1 Å². The van der Waals surface area contributed by atoms with Crippen LogP contribution in [0.25, 0.3) is 0 Å². The number of benzene rings is 1. The Balaban J connectivity index is 2.70. The fraction of sp³-hybridized carbons (Fsp3) is 0.500. The van der Waals surface area contributed by atoms with Crippen LogP contribution in [0.1, 0.15) is 24.8 Å². The normalized spacial score (nSPS) is 11.8. The highest BCUT2D eigenvalue weighted by molar-refractivity contribution is 7.89. The van der Waals surface area contributed by atoms with E-state index < -0.39 is 16.0 Å². The molecule has 0 aliphatic carbocycles. The third-order valence-corrected chi connectivity index (χ3v) is 4.99. The molecular formula is C14H21NO5S. The SMILES string of the molecule is CN(CCCCCO)S(=O)(=O)c1ccc(CC(=O)O)cc1. The molecule has 0 atom stereocenters. The zero-order valence-corrected chi connectivity index (χ0v) is 12.8. The first kappa shape index (κ1) is 17.6. The van der Waals surface area contributed by atoms with Crippen molar-refractivity contribution in [1.29, 1.82) is 0 Å². The predicted octanol–water partition coefficient (Wildman–Crippen LogP) is 1.10. The zero-order valence-electron chi connectivity index (χ0n) is 12.0. The number of aliphatic hydroxyl groups is 1. The molecule has 0 aliphatic heterocycles. The molecule has 7 heteroatoms. The van der Waals surface area contributed by atoms with Crippen LogP contribution in [0.4, 0.5) is 0 Å². The van der Waals surface area contributed by atoms with Crippen molar-refractivity contribution in [3.63, 3.8) is 0 Å². The quantitative estimate of drug-likeness (QED) is 0.665. The van der Waals surface area contributed by atoms with E-state index in [0.717, 1.165) is 6.42 Å². The van der Waals surface area contributed by atoms with Gasteiger partial charge in [0.2, 0.25) is 10.0 Å². The maximum Gasteiger partial charge on any atom is 0.307 e. The van der Waals surface area contributed by atoms with Gasteiger partial charge in [-0.05, 0) is 37.0 Å². The van der Waals surface area contributed by atoms with Crippen molar-refractivity contribution < 1.29 is 23.4 Å². The van der Waals surface area contributed by atoms with Crippen molar-refractivity contribution in [1.82, 2.24) is 4.31 Å². The van der Waals surface area contributed by atoms with Gasteiger partial charge >= 0.3 is 5.97 Å². The van der Waals surface area contributed by atoms with Crippen LogP contribution in [0, 0.1) is 0 Å². The van der Waals surface area contributed by atoms with Gasteiger partial charge in [-0.25, -0.2) is 12.7 Å². The summed E-state index contributed by atoms with van der Waals surface area (Å²) in [5.74, 6) is -0.952. The summed E-state index contributed by atoms with van der Waals surface area (Å²) in [6.45, 7) is 0.501. The molecule has 0 saturated heterocycles. The molecule has 2 N–H and O–H groups in total. The van der Waals surface area contributed by atoms with Crippen LogP contribution in [0.15, 0.2) is 29.2 Å². The highest BCUT2D eigenvalue weighted by Crippen LogP contribution is 2.16. The van der Waals surface area contributed by atoms with E-state index in [1.54, 1.807) is 0 Å². The second-order valence-corrected chi connectivity index (χ2v) is 6.87. The van der Waals surface area contributed by atoms with Crippen LogP contribution in [0.5, 0.6) is 0 Å². The lowest BCUT2D eigenvalue weighted by Gasteiger charge is -2.17. The average molecular weight is 315 g/mol. The molecule has 6 nitrogen and oxygen atoms in total. The van der Waals surface area contributed by atoms with Gasteiger partial charge in [0.05, 0.1) is 11.3 Å².